The summed E-state index contributed by atoms with van der Waals surface area (Å²) in [6, 6.07) is 11.2. The highest BCUT2D eigenvalue weighted by Crippen LogP contribution is 2.22. The van der Waals surface area contributed by atoms with Gasteiger partial charge in [0.25, 0.3) is 0 Å². The van der Waals surface area contributed by atoms with Gasteiger partial charge in [-0.15, -0.1) is 11.6 Å². The fraction of sp³-hybridized carbons (Fsp3) is 0.125. The molecule has 0 aliphatic carbocycles. The van der Waals surface area contributed by atoms with Crippen molar-refractivity contribution in [2.75, 3.05) is 5.88 Å². The van der Waals surface area contributed by atoms with Crippen molar-refractivity contribution in [3.63, 3.8) is 0 Å². The molecule has 2 rings (SSSR count). The minimum absolute atomic E-state index is 0.157. The number of benzene rings is 1. The van der Waals surface area contributed by atoms with Crippen molar-refractivity contribution >= 4 is 34.9 Å². The number of carboxylic acid groups (broad SMARTS) is 1. The summed E-state index contributed by atoms with van der Waals surface area (Å²) in [6.07, 6.45) is -0.122. The van der Waals surface area contributed by atoms with Gasteiger partial charge in [0.2, 0.25) is 17.9 Å². The molecule has 0 saturated heterocycles. The zero-order valence-corrected chi connectivity index (χ0v) is 13.6. The molecule has 1 atom stereocenters. The lowest BCUT2D eigenvalue weighted by molar-refractivity contribution is -0.141. The number of pyridine rings is 1. The molecule has 1 aromatic carbocycles. The van der Waals surface area contributed by atoms with E-state index in [1.54, 1.807) is 30.3 Å². The van der Waals surface area contributed by atoms with E-state index in [1.807, 2.05) is 0 Å². The van der Waals surface area contributed by atoms with Gasteiger partial charge in [-0.2, -0.15) is 10.2 Å². The topological polar surface area (TPSA) is 121 Å². The molecule has 1 unspecified atom stereocenters. The Morgan fingerprint density at radius 2 is 1.88 bits per heavy atom. The Kier molecular flexibility index (Phi) is 6.30. The minimum atomic E-state index is -1.61. The number of halogens is 1. The van der Waals surface area contributed by atoms with E-state index in [1.165, 1.54) is 18.3 Å². The van der Waals surface area contributed by atoms with E-state index in [0.29, 0.717) is 0 Å². The third kappa shape index (κ3) is 4.92. The normalized spacial score (nSPS) is 11.9. The van der Waals surface area contributed by atoms with Crippen LogP contribution in [-0.4, -0.2) is 39.8 Å². The average Bonchev–Trinajstić information content (AvgIpc) is 2.65. The van der Waals surface area contributed by atoms with E-state index in [0.717, 1.165) is 0 Å². The molecule has 1 heterocycles. The molecule has 9 heteroatoms. The van der Waals surface area contributed by atoms with Gasteiger partial charge < -0.3 is 10.4 Å². The molecule has 128 valence electrons. The van der Waals surface area contributed by atoms with Crippen molar-refractivity contribution in [2.45, 2.75) is 6.17 Å². The van der Waals surface area contributed by atoms with Crippen LogP contribution in [0.2, 0.25) is 0 Å². The largest absolute Gasteiger partial charge is 0.478 e. The molecule has 0 aliphatic heterocycles. The molecule has 0 saturated carbocycles. The third-order valence-electron chi connectivity index (χ3n) is 2.98. The number of amides is 1. The summed E-state index contributed by atoms with van der Waals surface area (Å²) in [5.74, 6) is -2.90. The van der Waals surface area contributed by atoms with E-state index < -0.39 is 23.9 Å². The van der Waals surface area contributed by atoms with Crippen LogP contribution < -0.4 is 5.32 Å². The lowest BCUT2D eigenvalue weighted by Gasteiger charge is -2.08. The number of aromatic nitrogens is 1. The Morgan fingerprint density at radius 1 is 1.16 bits per heavy atom. The van der Waals surface area contributed by atoms with Gasteiger partial charge in [0.05, 0.1) is 11.3 Å². The maximum absolute atomic E-state index is 12.5. The monoisotopic (exact) mass is 360 g/mol. The van der Waals surface area contributed by atoms with Crippen molar-refractivity contribution < 1.29 is 19.5 Å². The van der Waals surface area contributed by atoms with Crippen molar-refractivity contribution in [3.8, 4) is 0 Å². The first kappa shape index (κ1) is 18.2. The van der Waals surface area contributed by atoms with Crippen LogP contribution in [0.5, 0.6) is 0 Å². The standard InChI is InChI=1S/C16H13ClN4O4/c17-9-13(22)19-15(16(24)25)21-20-11-6-2-1-5-10(11)14(23)12-7-3-4-8-18-12/h1-8,15H,9H2,(H,19,22)(H,24,25). The maximum atomic E-state index is 12.5. The molecule has 0 bridgehead atoms. The molecule has 0 fully saturated rings. The van der Waals surface area contributed by atoms with Crippen LogP contribution in [0.15, 0.2) is 58.9 Å². The van der Waals surface area contributed by atoms with Crippen LogP contribution in [0.4, 0.5) is 5.69 Å². The summed E-state index contributed by atoms with van der Waals surface area (Å²) in [5, 5.41) is 18.5. The van der Waals surface area contributed by atoms with Crippen molar-refractivity contribution in [2.24, 2.45) is 10.2 Å². The molecule has 2 N–H and O–H groups in total. The number of carbonyl (C=O) groups excluding carboxylic acids is 2. The fourth-order valence-electron chi connectivity index (χ4n) is 1.84. The Bertz CT molecular complexity index is 811. The molecule has 1 aromatic heterocycles. The second-order valence-electron chi connectivity index (χ2n) is 4.72. The Labute approximate surface area is 147 Å². The van der Waals surface area contributed by atoms with Gasteiger partial charge in [0.1, 0.15) is 11.6 Å². The zero-order valence-electron chi connectivity index (χ0n) is 12.8. The highest BCUT2D eigenvalue weighted by molar-refractivity contribution is 6.27. The first-order chi connectivity index (χ1) is 12.0. The van der Waals surface area contributed by atoms with Gasteiger partial charge in [-0.3, -0.25) is 14.6 Å². The molecule has 1 amide bonds. The van der Waals surface area contributed by atoms with E-state index in [2.05, 4.69) is 20.5 Å². The summed E-state index contributed by atoms with van der Waals surface area (Å²) in [7, 11) is 0. The molecular formula is C16H13ClN4O4. The second-order valence-corrected chi connectivity index (χ2v) is 4.99. The smallest absolute Gasteiger partial charge is 0.351 e. The van der Waals surface area contributed by atoms with Crippen LogP contribution in [-0.2, 0) is 9.59 Å². The number of hydrogen-bond acceptors (Lipinski definition) is 6. The molecule has 0 spiro atoms. The van der Waals surface area contributed by atoms with Crippen molar-refractivity contribution in [3.05, 3.63) is 59.9 Å². The number of azo groups is 1. The minimum Gasteiger partial charge on any atom is -0.478 e. The number of carboxylic acids is 1. The van der Waals surface area contributed by atoms with E-state index >= 15 is 0 Å². The lowest BCUT2D eigenvalue weighted by atomic mass is 10.1. The van der Waals surface area contributed by atoms with Crippen molar-refractivity contribution in [1.29, 1.82) is 0 Å². The van der Waals surface area contributed by atoms with Gasteiger partial charge in [0.15, 0.2) is 0 Å². The van der Waals surface area contributed by atoms with Gasteiger partial charge >= 0.3 is 5.97 Å². The molecular weight excluding hydrogens is 348 g/mol. The maximum Gasteiger partial charge on any atom is 0.351 e. The van der Waals surface area contributed by atoms with Gasteiger partial charge in [-0.25, -0.2) is 4.79 Å². The Balaban J connectivity index is 2.29. The number of ketones is 1. The zero-order chi connectivity index (χ0) is 18.2. The van der Waals surface area contributed by atoms with E-state index in [-0.39, 0.29) is 22.7 Å². The SMILES string of the molecule is O=C(CCl)NC(N=Nc1ccccc1C(=O)c1ccccn1)C(=O)O. The van der Waals surface area contributed by atoms with Crippen LogP contribution in [0, 0.1) is 0 Å². The molecule has 25 heavy (non-hydrogen) atoms. The number of alkyl halides is 1. The highest BCUT2D eigenvalue weighted by atomic mass is 35.5. The van der Waals surface area contributed by atoms with Gasteiger partial charge in [-0.1, -0.05) is 18.2 Å². The van der Waals surface area contributed by atoms with Crippen LogP contribution in [0.3, 0.4) is 0 Å². The summed E-state index contributed by atoms with van der Waals surface area (Å²) >= 11 is 5.32. The molecule has 0 radical (unpaired) electrons. The van der Waals surface area contributed by atoms with Gasteiger partial charge in [0, 0.05) is 6.20 Å². The highest BCUT2D eigenvalue weighted by Gasteiger charge is 2.19. The molecule has 0 aliphatic rings. The average molecular weight is 361 g/mol. The number of carbonyl (C=O) groups is 3. The summed E-state index contributed by atoms with van der Waals surface area (Å²) in [6.45, 7) is 0. The first-order valence-electron chi connectivity index (χ1n) is 7.06. The number of aliphatic carboxylic acids is 1. The molecule has 2 aromatic rings. The predicted molar refractivity (Wildman–Crippen MR) is 88.9 cm³/mol. The number of nitrogens with zero attached hydrogens (tertiary/aromatic N) is 3. The second kappa shape index (κ2) is 8.65. The Hall–Kier alpha value is -3.13. The summed E-state index contributed by atoms with van der Waals surface area (Å²) < 4.78 is 0. The summed E-state index contributed by atoms with van der Waals surface area (Å²) in [5.41, 5.74) is 0.581. The predicted octanol–water partition coefficient (Wildman–Crippen LogP) is 2.16. The number of nitrogens with one attached hydrogen (secondary N) is 1. The van der Waals surface area contributed by atoms with Crippen molar-refractivity contribution in [1.82, 2.24) is 10.3 Å². The summed E-state index contributed by atoms with van der Waals surface area (Å²) in [4.78, 5) is 38.8. The molecule has 8 nitrogen and oxygen atoms in total. The Morgan fingerprint density at radius 3 is 2.52 bits per heavy atom. The van der Waals surface area contributed by atoms with E-state index in [9.17, 15) is 14.4 Å². The number of rotatable bonds is 7. The first-order valence-corrected chi connectivity index (χ1v) is 7.60. The fourth-order valence-corrected chi connectivity index (χ4v) is 1.92. The quantitative estimate of drug-likeness (QED) is 0.445. The van der Waals surface area contributed by atoms with Crippen LogP contribution in [0.25, 0.3) is 0 Å². The van der Waals surface area contributed by atoms with Crippen LogP contribution >= 0.6 is 11.6 Å². The van der Waals surface area contributed by atoms with Gasteiger partial charge in [-0.05, 0) is 24.3 Å². The van der Waals surface area contributed by atoms with Crippen LogP contribution in [0.1, 0.15) is 16.1 Å². The lowest BCUT2D eigenvalue weighted by Crippen LogP contribution is -2.39. The van der Waals surface area contributed by atoms with E-state index in [4.69, 9.17) is 16.7 Å². The third-order valence-corrected chi connectivity index (χ3v) is 3.22. The number of hydrogen-bond donors (Lipinski definition) is 2.